The number of rotatable bonds is 3. The van der Waals surface area contributed by atoms with Crippen LogP contribution in [0, 0.1) is 12.7 Å². The number of nitrogens with zero attached hydrogens (tertiary/aromatic N) is 3. The molecule has 0 saturated carbocycles. The van der Waals surface area contributed by atoms with Crippen LogP contribution in [0.4, 0.5) is 10.1 Å². The number of aromatic nitrogens is 1. The zero-order chi connectivity index (χ0) is 19.8. The van der Waals surface area contributed by atoms with E-state index >= 15 is 0 Å². The van der Waals surface area contributed by atoms with Crippen molar-refractivity contribution >= 4 is 16.6 Å². The second-order valence-corrected chi connectivity index (χ2v) is 7.73. The number of fused-ring (bicyclic) bond motifs is 3. The molecule has 1 unspecified atom stereocenters. The summed E-state index contributed by atoms with van der Waals surface area (Å²) in [5.41, 5.74) is 2.86. The molecule has 2 aromatic carbocycles. The SMILES string of the molecule is Cc1ccc2c3c(ccc2n1)OCC(CN1CCN(c2cccc(F)c2)CC1)O3. The van der Waals surface area contributed by atoms with Crippen molar-refractivity contribution in [2.24, 2.45) is 0 Å². The number of ether oxygens (including phenoxy) is 2. The molecule has 3 aromatic rings. The smallest absolute Gasteiger partial charge is 0.171 e. The van der Waals surface area contributed by atoms with Crippen LogP contribution in [0.5, 0.6) is 11.5 Å². The van der Waals surface area contributed by atoms with Gasteiger partial charge in [0.15, 0.2) is 11.5 Å². The average Bonchev–Trinajstić information content (AvgIpc) is 2.74. The predicted octanol–water partition coefficient (Wildman–Crippen LogP) is 3.64. The first kappa shape index (κ1) is 18.2. The van der Waals surface area contributed by atoms with E-state index in [1.165, 1.54) is 6.07 Å². The van der Waals surface area contributed by atoms with Crippen LogP contribution >= 0.6 is 0 Å². The maximum Gasteiger partial charge on any atom is 0.171 e. The third-order valence-corrected chi connectivity index (χ3v) is 5.64. The fourth-order valence-corrected chi connectivity index (χ4v) is 4.12. The first-order chi connectivity index (χ1) is 14.2. The van der Waals surface area contributed by atoms with Crippen molar-refractivity contribution in [3.05, 3.63) is 60.0 Å². The topological polar surface area (TPSA) is 37.8 Å². The predicted molar refractivity (Wildman–Crippen MR) is 111 cm³/mol. The number of benzene rings is 2. The Kier molecular flexibility index (Phi) is 4.72. The number of halogens is 1. The number of hydrogen-bond donors (Lipinski definition) is 0. The van der Waals surface area contributed by atoms with Gasteiger partial charge in [-0.05, 0) is 49.4 Å². The highest BCUT2D eigenvalue weighted by Crippen LogP contribution is 2.38. The zero-order valence-electron chi connectivity index (χ0n) is 16.5. The van der Waals surface area contributed by atoms with Gasteiger partial charge in [0.1, 0.15) is 18.5 Å². The molecule has 5 nitrogen and oxygen atoms in total. The van der Waals surface area contributed by atoms with Gasteiger partial charge >= 0.3 is 0 Å². The second kappa shape index (κ2) is 7.52. The summed E-state index contributed by atoms with van der Waals surface area (Å²) in [6.45, 7) is 6.93. The van der Waals surface area contributed by atoms with Crippen LogP contribution in [-0.2, 0) is 0 Å². The molecule has 150 valence electrons. The number of pyridine rings is 1. The molecule has 0 amide bonds. The molecule has 0 N–H and O–H groups in total. The van der Waals surface area contributed by atoms with Crippen LogP contribution in [0.1, 0.15) is 5.69 Å². The van der Waals surface area contributed by atoms with Gasteiger partial charge in [0.25, 0.3) is 0 Å². The third kappa shape index (κ3) is 3.72. The van der Waals surface area contributed by atoms with E-state index in [1.54, 1.807) is 12.1 Å². The van der Waals surface area contributed by atoms with E-state index in [0.29, 0.717) is 6.61 Å². The maximum atomic E-state index is 13.5. The van der Waals surface area contributed by atoms with E-state index in [9.17, 15) is 4.39 Å². The summed E-state index contributed by atoms with van der Waals surface area (Å²) in [6.07, 6.45) is -0.0184. The standard InChI is InChI=1S/C23H24FN3O2/c1-16-5-6-20-21(25-16)7-8-22-23(20)29-19(15-28-22)14-26-9-11-27(12-10-26)18-4-2-3-17(24)13-18/h2-8,13,19H,9-12,14-15H2,1H3. The number of hydrogen-bond acceptors (Lipinski definition) is 5. The van der Waals surface area contributed by atoms with Gasteiger partial charge in [-0.25, -0.2) is 4.39 Å². The van der Waals surface area contributed by atoms with Crippen LogP contribution in [0.15, 0.2) is 48.5 Å². The lowest BCUT2D eigenvalue weighted by Gasteiger charge is -2.38. The molecule has 0 aliphatic carbocycles. The van der Waals surface area contributed by atoms with Gasteiger partial charge in [0.2, 0.25) is 0 Å². The van der Waals surface area contributed by atoms with E-state index in [1.807, 2.05) is 31.2 Å². The minimum absolute atomic E-state index is 0.0184. The summed E-state index contributed by atoms with van der Waals surface area (Å²) in [5, 5.41) is 0.994. The van der Waals surface area contributed by atoms with Crippen molar-refractivity contribution in [2.45, 2.75) is 13.0 Å². The molecule has 2 aliphatic rings. The van der Waals surface area contributed by atoms with E-state index in [2.05, 4.69) is 20.9 Å². The van der Waals surface area contributed by atoms with Crippen LogP contribution < -0.4 is 14.4 Å². The summed E-state index contributed by atoms with van der Waals surface area (Å²) in [7, 11) is 0. The quantitative estimate of drug-likeness (QED) is 0.679. The largest absolute Gasteiger partial charge is 0.486 e. The van der Waals surface area contributed by atoms with Crippen LogP contribution in [0.3, 0.4) is 0 Å². The first-order valence-electron chi connectivity index (χ1n) is 10.1. The summed E-state index contributed by atoms with van der Waals surface area (Å²) in [4.78, 5) is 9.21. The average molecular weight is 393 g/mol. The first-order valence-corrected chi connectivity index (χ1v) is 10.1. The molecule has 2 aliphatic heterocycles. The Balaban J connectivity index is 1.24. The zero-order valence-corrected chi connectivity index (χ0v) is 16.5. The van der Waals surface area contributed by atoms with Gasteiger partial charge in [-0.2, -0.15) is 0 Å². The Morgan fingerprint density at radius 1 is 1.07 bits per heavy atom. The van der Waals surface area contributed by atoms with Gasteiger partial charge in [-0.3, -0.25) is 9.88 Å². The molecular weight excluding hydrogens is 369 g/mol. The van der Waals surface area contributed by atoms with E-state index in [-0.39, 0.29) is 11.9 Å². The lowest BCUT2D eigenvalue weighted by atomic mass is 10.1. The van der Waals surface area contributed by atoms with Crippen molar-refractivity contribution in [1.29, 1.82) is 0 Å². The van der Waals surface area contributed by atoms with Gasteiger partial charge < -0.3 is 14.4 Å². The van der Waals surface area contributed by atoms with Crippen LogP contribution in [-0.4, -0.2) is 55.3 Å². The summed E-state index contributed by atoms with van der Waals surface area (Å²) >= 11 is 0. The van der Waals surface area contributed by atoms with Crippen LogP contribution in [0.2, 0.25) is 0 Å². The number of piperazine rings is 1. The number of aryl methyl sites for hydroxylation is 1. The van der Waals surface area contributed by atoms with E-state index < -0.39 is 0 Å². The third-order valence-electron chi connectivity index (χ3n) is 5.64. The Labute approximate surface area is 169 Å². The highest BCUT2D eigenvalue weighted by Gasteiger charge is 2.27. The minimum atomic E-state index is -0.187. The Morgan fingerprint density at radius 2 is 1.93 bits per heavy atom. The van der Waals surface area contributed by atoms with E-state index in [0.717, 1.165) is 66.5 Å². The van der Waals surface area contributed by atoms with Crippen LogP contribution in [0.25, 0.3) is 10.9 Å². The molecule has 1 atom stereocenters. The molecule has 0 radical (unpaired) electrons. The molecule has 1 fully saturated rings. The maximum absolute atomic E-state index is 13.5. The molecule has 1 saturated heterocycles. The molecule has 5 rings (SSSR count). The molecule has 0 spiro atoms. The minimum Gasteiger partial charge on any atom is -0.486 e. The van der Waals surface area contributed by atoms with Gasteiger partial charge in [-0.1, -0.05) is 6.07 Å². The Morgan fingerprint density at radius 3 is 2.76 bits per heavy atom. The fraction of sp³-hybridized carbons (Fsp3) is 0.348. The second-order valence-electron chi connectivity index (χ2n) is 7.73. The van der Waals surface area contributed by atoms with Gasteiger partial charge in [-0.15, -0.1) is 0 Å². The fourth-order valence-electron chi connectivity index (χ4n) is 4.12. The van der Waals surface area contributed by atoms with E-state index in [4.69, 9.17) is 9.47 Å². The van der Waals surface area contributed by atoms with Gasteiger partial charge in [0.05, 0.1) is 5.52 Å². The molecule has 29 heavy (non-hydrogen) atoms. The van der Waals surface area contributed by atoms with Gasteiger partial charge in [0, 0.05) is 49.5 Å². The molecule has 3 heterocycles. The van der Waals surface area contributed by atoms with Crippen molar-refractivity contribution in [1.82, 2.24) is 9.88 Å². The summed E-state index contributed by atoms with van der Waals surface area (Å²) in [5.74, 6) is 1.40. The molecule has 6 heteroatoms. The highest BCUT2D eigenvalue weighted by molar-refractivity contribution is 5.88. The van der Waals surface area contributed by atoms with Crippen molar-refractivity contribution in [3.63, 3.8) is 0 Å². The highest BCUT2D eigenvalue weighted by atomic mass is 19.1. The van der Waals surface area contributed by atoms with Crippen molar-refractivity contribution in [2.75, 3.05) is 44.2 Å². The molecule has 0 bridgehead atoms. The lowest BCUT2D eigenvalue weighted by Crippen LogP contribution is -2.50. The van der Waals surface area contributed by atoms with Crippen molar-refractivity contribution in [3.8, 4) is 11.5 Å². The summed E-state index contributed by atoms with van der Waals surface area (Å²) in [6, 6.07) is 14.8. The normalized spacial score (nSPS) is 19.5. The molecule has 1 aromatic heterocycles. The number of anilines is 1. The molecular formula is C23H24FN3O2. The Bertz CT molecular complexity index is 1030. The Hall–Kier alpha value is -2.86. The monoisotopic (exact) mass is 393 g/mol. The summed E-state index contributed by atoms with van der Waals surface area (Å²) < 4.78 is 25.8. The van der Waals surface area contributed by atoms with Crippen molar-refractivity contribution < 1.29 is 13.9 Å². The lowest BCUT2D eigenvalue weighted by molar-refractivity contribution is 0.0587.